The van der Waals surface area contributed by atoms with Crippen LogP contribution in [0.15, 0.2) is 42.6 Å². The number of benzene rings is 1. The third-order valence-corrected chi connectivity index (χ3v) is 3.26. The van der Waals surface area contributed by atoms with Gasteiger partial charge in [0.1, 0.15) is 11.8 Å². The number of rotatable bonds is 3. The fourth-order valence-electron chi connectivity index (χ4n) is 2.13. The largest absolute Gasteiger partial charge is 0.330 e. The third-order valence-electron chi connectivity index (χ3n) is 2.92. The van der Waals surface area contributed by atoms with Crippen molar-refractivity contribution in [3.8, 4) is 6.07 Å². The fourth-order valence-corrected chi connectivity index (χ4v) is 2.38. The molecule has 2 unspecified atom stereocenters. The quantitative estimate of drug-likeness (QED) is 0.921. The zero-order valence-electron chi connectivity index (χ0n) is 10.0. The lowest BCUT2D eigenvalue weighted by Crippen LogP contribution is -2.30. The standard InChI is InChI=1S/C14H14ClN3/c1-10(17)14(12-6-2-3-7-13(12)15)18-8-4-5-11(18)9-16/h2-8,10,14H,17H2,1H3. The first kappa shape index (κ1) is 12.7. The topological polar surface area (TPSA) is 54.7 Å². The van der Waals surface area contributed by atoms with Gasteiger partial charge in [-0.25, -0.2) is 0 Å². The van der Waals surface area contributed by atoms with Crippen molar-refractivity contribution in [3.63, 3.8) is 0 Å². The predicted octanol–water partition coefficient (Wildman–Crippen LogP) is 2.95. The van der Waals surface area contributed by atoms with E-state index in [0.29, 0.717) is 10.7 Å². The van der Waals surface area contributed by atoms with Crippen LogP contribution in [0.4, 0.5) is 0 Å². The molecule has 0 spiro atoms. The summed E-state index contributed by atoms with van der Waals surface area (Å²) in [6, 6.07) is 13.1. The molecule has 92 valence electrons. The summed E-state index contributed by atoms with van der Waals surface area (Å²) in [7, 11) is 0. The second-order valence-electron chi connectivity index (χ2n) is 4.24. The average molecular weight is 260 g/mol. The molecule has 3 nitrogen and oxygen atoms in total. The second kappa shape index (κ2) is 5.26. The van der Waals surface area contributed by atoms with Crippen LogP contribution in [0.3, 0.4) is 0 Å². The van der Waals surface area contributed by atoms with Crippen molar-refractivity contribution in [3.05, 3.63) is 58.9 Å². The molecule has 0 aliphatic heterocycles. The zero-order valence-corrected chi connectivity index (χ0v) is 10.8. The Labute approximate surface area is 111 Å². The fraction of sp³-hybridized carbons (Fsp3) is 0.214. The lowest BCUT2D eigenvalue weighted by Gasteiger charge is -2.25. The number of aromatic nitrogens is 1. The molecule has 0 amide bonds. The van der Waals surface area contributed by atoms with Gasteiger partial charge in [-0.3, -0.25) is 0 Å². The van der Waals surface area contributed by atoms with E-state index in [2.05, 4.69) is 6.07 Å². The van der Waals surface area contributed by atoms with Gasteiger partial charge in [0, 0.05) is 17.3 Å². The molecule has 0 radical (unpaired) electrons. The molecule has 2 N–H and O–H groups in total. The normalized spacial score (nSPS) is 13.9. The van der Waals surface area contributed by atoms with Gasteiger partial charge in [-0.15, -0.1) is 0 Å². The highest BCUT2D eigenvalue weighted by atomic mass is 35.5. The van der Waals surface area contributed by atoms with Gasteiger partial charge in [0.25, 0.3) is 0 Å². The minimum atomic E-state index is -0.149. The summed E-state index contributed by atoms with van der Waals surface area (Å²) in [5, 5.41) is 9.77. The van der Waals surface area contributed by atoms with Gasteiger partial charge in [-0.1, -0.05) is 29.8 Å². The van der Waals surface area contributed by atoms with Crippen LogP contribution in [-0.4, -0.2) is 10.6 Å². The summed E-state index contributed by atoms with van der Waals surface area (Å²) < 4.78 is 1.87. The van der Waals surface area contributed by atoms with Gasteiger partial charge in [-0.2, -0.15) is 5.26 Å². The van der Waals surface area contributed by atoms with Crippen molar-refractivity contribution in [1.29, 1.82) is 5.26 Å². The molecule has 0 aliphatic carbocycles. The molecule has 0 saturated heterocycles. The third kappa shape index (κ3) is 2.26. The average Bonchev–Trinajstić information content (AvgIpc) is 2.79. The van der Waals surface area contributed by atoms with E-state index in [1.165, 1.54) is 0 Å². The maximum atomic E-state index is 9.11. The molecular formula is C14H14ClN3. The number of nitrogens with two attached hydrogens (primary N) is 1. The monoisotopic (exact) mass is 259 g/mol. The number of nitrogens with zero attached hydrogens (tertiary/aromatic N) is 2. The van der Waals surface area contributed by atoms with Crippen LogP contribution in [0.1, 0.15) is 24.2 Å². The first-order valence-electron chi connectivity index (χ1n) is 5.72. The molecule has 0 aliphatic rings. The van der Waals surface area contributed by atoms with Crippen LogP contribution in [-0.2, 0) is 0 Å². The molecule has 2 atom stereocenters. The van der Waals surface area contributed by atoms with Gasteiger partial charge in [0.05, 0.1) is 6.04 Å². The highest BCUT2D eigenvalue weighted by molar-refractivity contribution is 6.31. The number of hydrogen-bond acceptors (Lipinski definition) is 2. The lowest BCUT2D eigenvalue weighted by molar-refractivity contribution is 0.495. The van der Waals surface area contributed by atoms with Gasteiger partial charge in [0.15, 0.2) is 0 Å². The molecule has 0 fully saturated rings. The SMILES string of the molecule is CC(N)C(c1ccccc1Cl)n1cccc1C#N. The van der Waals surface area contributed by atoms with E-state index >= 15 is 0 Å². The first-order chi connectivity index (χ1) is 8.65. The zero-order chi connectivity index (χ0) is 13.1. The Bertz CT molecular complexity index is 579. The van der Waals surface area contributed by atoms with Crippen LogP contribution >= 0.6 is 11.6 Å². The smallest absolute Gasteiger partial charge is 0.120 e. The first-order valence-corrected chi connectivity index (χ1v) is 6.10. The Balaban J connectivity index is 2.55. The molecule has 2 aromatic rings. The molecule has 18 heavy (non-hydrogen) atoms. The molecule has 0 saturated carbocycles. The molecule has 4 heteroatoms. The molecule has 0 bridgehead atoms. The van der Waals surface area contributed by atoms with E-state index in [-0.39, 0.29) is 12.1 Å². The second-order valence-corrected chi connectivity index (χ2v) is 4.65. The van der Waals surface area contributed by atoms with Crippen LogP contribution in [0.2, 0.25) is 5.02 Å². The van der Waals surface area contributed by atoms with E-state index in [1.807, 2.05) is 48.0 Å². The highest BCUT2D eigenvalue weighted by Crippen LogP contribution is 2.29. The van der Waals surface area contributed by atoms with Gasteiger partial charge in [-0.05, 0) is 30.7 Å². The maximum absolute atomic E-state index is 9.11. The summed E-state index contributed by atoms with van der Waals surface area (Å²) in [6.45, 7) is 1.91. The van der Waals surface area contributed by atoms with Crippen LogP contribution in [0.5, 0.6) is 0 Å². The highest BCUT2D eigenvalue weighted by Gasteiger charge is 2.21. The Morgan fingerprint density at radius 2 is 2.00 bits per heavy atom. The summed E-state index contributed by atoms with van der Waals surface area (Å²) in [4.78, 5) is 0. The van der Waals surface area contributed by atoms with E-state index in [4.69, 9.17) is 22.6 Å². The summed E-state index contributed by atoms with van der Waals surface area (Å²) in [5.74, 6) is 0. The van der Waals surface area contributed by atoms with E-state index in [9.17, 15) is 0 Å². The minimum Gasteiger partial charge on any atom is -0.330 e. The number of halogens is 1. The number of hydrogen-bond donors (Lipinski definition) is 1. The molecule has 1 aromatic heterocycles. The van der Waals surface area contributed by atoms with Crippen molar-refractivity contribution >= 4 is 11.6 Å². The van der Waals surface area contributed by atoms with Crippen molar-refractivity contribution in [2.75, 3.05) is 0 Å². The molecule has 2 rings (SSSR count). The summed E-state index contributed by atoms with van der Waals surface area (Å²) in [6.07, 6.45) is 1.86. The summed E-state index contributed by atoms with van der Waals surface area (Å²) >= 11 is 6.22. The minimum absolute atomic E-state index is 0.136. The van der Waals surface area contributed by atoms with Crippen molar-refractivity contribution in [2.45, 2.75) is 19.0 Å². The molecule has 1 aromatic carbocycles. The molecular weight excluding hydrogens is 246 g/mol. The van der Waals surface area contributed by atoms with Gasteiger partial charge >= 0.3 is 0 Å². The van der Waals surface area contributed by atoms with E-state index in [1.54, 1.807) is 6.07 Å². The lowest BCUT2D eigenvalue weighted by atomic mass is 10.0. The Morgan fingerprint density at radius 3 is 2.61 bits per heavy atom. The van der Waals surface area contributed by atoms with Crippen LogP contribution in [0.25, 0.3) is 0 Å². The van der Waals surface area contributed by atoms with Gasteiger partial charge in [0.2, 0.25) is 0 Å². The predicted molar refractivity (Wildman–Crippen MR) is 72.4 cm³/mol. The Hall–Kier alpha value is -1.76. The maximum Gasteiger partial charge on any atom is 0.120 e. The Morgan fingerprint density at radius 1 is 1.28 bits per heavy atom. The molecule has 1 heterocycles. The van der Waals surface area contributed by atoms with E-state index < -0.39 is 0 Å². The van der Waals surface area contributed by atoms with Crippen LogP contribution in [0, 0.1) is 11.3 Å². The summed E-state index contributed by atoms with van der Waals surface area (Å²) in [5.41, 5.74) is 7.58. The van der Waals surface area contributed by atoms with Crippen molar-refractivity contribution < 1.29 is 0 Å². The van der Waals surface area contributed by atoms with Crippen molar-refractivity contribution in [1.82, 2.24) is 4.57 Å². The van der Waals surface area contributed by atoms with Crippen LogP contribution < -0.4 is 5.73 Å². The number of nitriles is 1. The van der Waals surface area contributed by atoms with Crippen molar-refractivity contribution in [2.24, 2.45) is 5.73 Å². The Kier molecular flexibility index (Phi) is 3.71. The van der Waals surface area contributed by atoms with E-state index in [0.717, 1.165) is 5.56 Å². The van der Waals surface area contributed by atoms with Gasteiger partial charge < -0.3 is 10.3 Å².